The van der Waals surface area contributed by atoms with Crippen LogP contribution < -0.4 is 10.3 Å². The van der Waals surface area contributed by atoms with Crippen LogP contribution in [-0.2, 0) is 0 Å². The molecule has 21 heavy (non-hydrogen) atoms. The van der Waals surface area contributed by atoms with E-state index in [9.17, 15) is 4.79 Å². The lowest BCUT2D eigenvalue weighted by molar-refractivity contribution is 0.0949. The molecule has 0 fully saturated rings. The third kappa shape index (κ3) is 3.69. The second kappa shape index (κ2) is 6.53. The van der Waals surface area contributed by atoms with E-state index in [-0.39, 0.29) is 5.91 Å². The van der Waals surface area contributed by atoms with Crippen LogP contribution in [0, 0.1) is 6.92 Å². The van der Waals surface area contributed by atoms with Crippen LogP contribution in [0.1, 0.15) is 21.6 Å². The van der Waals surface area contributed by atoms with E-state index < -0.39 is 0 Å². The lowest BCUT2D eigenvalue weighted by Crippen LogP contribution is -2.18. The van der Waals surface area contributed by atoms with E-state index in [1.807, 2.05) is 38.1 Å². The number of nitrogens with zero attached hydrogens (tertiary/aromatic N) is 3. The predicted molar refractivity (Wildman–Crippen MR) is 86.9 cm³/mol. The molecule has 0 saturated carbocycles. The van der Waals surface area contributed by atoms with Gasteiger partial charge in [-0.25, -0.2) is 5.43 Å². The first-order chi connectivity index (χ1) is 9.99. The number of rotatable bonds is 4. The summed E-state index contributed by atoms with van der Waals surface area (Å²) < 4.78 is 0.599. The highest BCUT2D eigenvalue weighted by atomic mass is 79.9. The summed E-state index contributed by atoms with van der Waals surface area (Å²) in [4.78, 5) is 13.8. The average molecular weight is 350 g/mol. The Labute approximate surface area is 131 Å². The van der Waals surface area contributed by atoms with Crippen LogP contribution in [0.2, 0.25) is 0 Å². The second-order valence-corrected chi connectivity index (χ2v) is 5.58. The molecule has 0 spiro atoms. The zero-order valence-electron chi connectivity index (χ0n) is 12.0. The van der Waals surface area contributed by atoms with Crippen molar-refractivity contribution < 1.29 is 4.79 Å². The van der Waals surface area contributed by atoms with Crippen molar-refractivity contribution in [3.63, 3.8) is 0 Å². The Kier molecular flexibility index (Phi) is 4.74. The summed E-state index contributed by atoms with van der Waals surface area (Å²) in [5.41, 5.74) is 5.95. The Morgan fingerprint density at radius 1 is 1.48 bits per heavy atom. The van der Waals surface area contributed by atoms with Gasteiger partial charge in [0, 0.05) is 19.8 Å². The summed E-state index contributed by atoms with van der Waals surface area (Å²) in [5, 5.41) is 10.3. The van der Waals surface area contributed by atoms with Crippen LogP contribution in [0.3, 0.4) is 0 Å². The van der Waals surface area contributed by atoms with Gasteiger partial charge in [0.05, 0.1) is 16.9 Å². The van der Waals surface area contributed by atoms with Gasteiger partial charge in [0.25, 0.3) is 5.91 Å². The van der Waals surface area contributed by atoms with E-state index in [0.717, 1.165) is 16.8 Å². The number of hydrazone groups is 1. The van der Waals surface area contributed by atoms with Crippen molar-refractivity contribution >= 4 is 33.7 Å². The molecule has 110 valence electrons. The number of carbonyl (C=O) groups excluding carboxylic acids is 1. The van der Waals surface area contributed by atoms with Crippen molar-refractivity contribution in [2.24, 2.45) is 5.10 Å². The topological polar surface area (TPSA) is 73.4 Å². The number of carbonyl (C=O) groups is 1. The molecular weight excluding hydrogens is 334 g/mol. The second-order valence-electron chi connectivity index (χ2n) is 4.73. The van der Waals surface area contributed by atoms with Gasteiger partial charge in [-0.05, 0) is 46.1 Å². The van der Waals surface area contributed by atoms with Crippen molar-refractivity contribution in [3.8, 4) is 0 Å². The van der Waals surface area contributed by atoms with E-state index in [1.165, 1.54) is 6.20 Å². The van der Waals surface area contributed by atoms with Crippen LogP contribution >= 0.6 is 15.9 Å². The Balaban J connectivity index is 2.05. The fourth-order valence-electron chi connectivity index (χ4n) is 1.73. The van der Waals surface area contributed by atoms with Gasteiger partial charge in [-0.2, -0.15) is 10.2 Å². The van der Waals surface area contributed by atoms with Gasteiger partial charge in [-0.3, -0.25) is 9.89 Å². The minimum Gasteiger partial charge on any atom is -0.378 e. The maximum absolute atomic E-state index is 11.8. The van der Waals surface area contributed by atoms with Crippen molar-refractivity contribution in [1.29, 1.82) is 0 Å². The van der Waals surface area contributed by atoms with Crippen molar-refractivity contribution in [2.45, 2.75) is 6.92 Å². The first-order valence-corrected chi connectivity index (χ1v) is 7.08. The van der Waals surface area contributed by atoms with E-state index in [0.29, 0.717) is 10.2 Å². The Bertz CT molecular complexity index is 678. The molecule has 0 saturated heterocycles. The smallest absolute Gasteiger partial charge is 0.290 e. The van der Waals surface area contributed by atoms with Crippen molar-refractivity contribution in [2.75, 3.05) is 19.0 Å². The molecule has 0 aliphatic carbocycles. The zero-order chi connectivity index (χ0) is 15.4. The highest BCUT2D eigenvalue weighted by molar-refractivity contribution is 9.10. The minimum absolute atomic E-state index is 0.340. The van der Waals surface area contributed by atoms with E-state index in [4.69, 9.17) is 0 Å². The SMILES string of the molecule is Cc1cc(N(C)C)ccc1/C=N\NC(=O)c1[nH]ncc1Br. The molecule has 6 nitrogen and oxygen atoms in total. The summed E-state index contributed by atoms with van der Waals surface area (Å²) in [6.45, 7) is 2.00. The van der Waals surface area contributed by atoms with Crippen molar-refractivity contribution in [3.05, 3.63) is 45.7 Å². The summed E-state index contributed by atoms with van der Waals surface area (Å²) in [6.07, 6.45) is 3.14. The zero-order valence-corrected chi connectivity index (χ0v) is 13.6. The third-order valence-electron chi connectivity index (χ3n) is 2.96. The molecular formula is C14H16BrN5O. The van der Waals surface area contributed by atoms with Gasteiger partial charge in [-0.15, -0.1) is 0 Å². The van der Waals surface area contributed by atoms with Crippen molar-refractivity contribution in [1.82, 2.24) is 15.6 Å². The monoisotopic (exact) mass is 349 g/mol. The lowest BCUT2D eigenvalue weighted by atomic mass is 10.1. The lowest BCUT2D eigenvalue weighted by Gasteiger charge is -2.13. The molecule has 0 aliphatic heterocycles. The molecule has 2 N–H and O–H groups in total. The number of aryl methyl sites for hydroxylation is 1. The van der Waals surface area contributed by atoms with E-state index in [1.54, 1.807) is 6.21 Å². The molecule has 1 amide bonds. The summed E-state index contributed by atoms with van der Waals surface area (Å²) >= 11 is 3.23. The van der Waals surface area contributed by atoms with Crippen LogP contribution in [-0.4, -0.2) is 36.4 Å². The molecule has 0 aliphatic rings. The van der Waals surface area contributed by atoms with E-state index in [2.05, 4.69) is 42.7 Å². The summed E-state index contributed by atoms with van der Waals surface area (Å²) in [7, 11) is 3.98. The van der Waals surface area contributed by atoms with E-state index >= 15 is 0 Å². The van der Waals surface area contributed by atoms with Gasteiger partial charge in [0.15, 0.2) is 0 Å². The first kappa shape index (κ1) is 15.2. The van der Waals surface area contributed by atoms with Gasteiger partial charge in [0.2, 0.25) is 0 Å². The number of aromatic nitrogens is 2. The number of H-pyrrole nitrogens is 1. The summed E-state index contributed by atoms with van der Waals surface area (Å²) in [6, 6.07) is 6.03. The number of hydrogen-bond donors (Lipinski definition) is 2. The summed E-state index contributed by atoms with van der Waals surface area (Å²) in [5.74, 6) is -0.349. The molecule has 2 aromatic rings. The Morgan fingerprint density at radius 3 is 2.81 bits per heavy atom. The fourth-order valence-corrected chi connectivity index (χ4v) is 2.10. The van der Waals surface area contributed by atoms with Gasteiger partial charge in [-0.1, -0.05) is 6.07 Å². The Morgan fingerprint density at radius 2 is 2.24 bits per heavy atom. The normalized spacial score (nSPS) is 10.9. The standard InChI is InChI=1S/C14H16BrN5O/c1-9-6-11(20(2)3)5-4-10(9)7-16-19-14(21)13-12(15)8-17-18-13/h4-8H,1-3H3,(H,17,18)(H,19,21)/b16-7-. The van der Waals surface area contributed by atoms with Gasteiger partial charge in [0.1, 0.15) is 5.69 Å². The highest BCUT2D eigenvalue weighted by Gasteiger charge is 2.10. The largest absolute Gasteiger partial charge is 0.378 e. The number of anilines is 1. The number of amides is 1. The molecule has 0 bridgehead atoms. The van der Waals surface area contributed by atoms with Crippen LogP contribution in [0.15, 0.2) is 34.0 Å². The molecule has 1 aromatic heterocycles. The fraction of sp³-hybridized carbons (Fsp3) is 0.214. The van der Waals surface area contributed by atoms with Gasteiger partial charge >= 0.3 is 0 Å². The molecule has 1 aromatic carbocycles. The Hall–Kier alpha value is -2.15. The maximum Gasteiger partial charge on any atom is 0.290 e. The van der Waals surface area contributed by atoms with Crippen LogP contribution in [0.4, 0.5) is 5.69 Å². The van der Waals surface area contributed by atoms with Crippen LogP contribution in [0.5, 0.6) is 0 Å². The third-order valence-corrected chi connectivity index (χ3v) is 3.56. The molecule has 0 atom stereocenters. The minimum atomic E-state index is -0.349. The van der Waals surface area contributed by atoms with Crippen LogP contribution in [0.25, 0.3) is 0 Å². The number of aromatic amines is 1. The highest BCUT2D eigenvalue weighted by Crippen LogP contribution is 2.16. The maximum atomic E-state index is 11.8. The number of hydrogen-bond acceptors (Lipinski definition) is 4. The molecule has 0 radical (unpaired) electrons. The molecule has 7 heteroatoms. The predicted octanol–water partition coefficient (Wildman–Crippen LogP) is 2.31. The quantitative estimate of drug-likeness (QED) is 0.657. The molecule has 1 heterocycles. The number of nitrogens with one attached hydrogen (secondary N) is 2. The molecule has 2 rings (SSSR count). The first-order valence-electron chi connectivity index (χ1n) is 6.29. The van der Waals surface area contributed by atoms with Gasteiger partial charge < -0.3 is 4.90 Å². The molecule has 0 unspecified atom stereocenters. The average Bonchev–Trinajstić information content (AvgIpc) is 2.86. The number of halogens is 1. The number of benzene rings is 1.